The van der Waals surface area contributed by atoms with E-state index >= 15 is 0 Å². The molecule has 0 aromatic heterocycles. The van der Waals surface area contributed by atoms with E-state index in [9.17, 15) is 24.3 Å². The molecule has 3 N–H and O–H groups in total. The molecule has 0 saturated carbocycles. The number of methoxy groups -OCH3 is 2. The number of carbonyl (C=O) groups is 1. The van der Waals surface area contributed by atoms with E-state index in [1.54, 1.807) is 31.2 Å². The lowest BCUT2D eigenvalue weighted by Gasteiger charge is -2.14. The van der Waals surface area contributed by atoms with Crippen LogP contribution in [0.4, 0.5) is 4.39 Å². The minimum Gasteiger partial charge on any atom is -0.497 e. The average Bonchev–Trinajstić information content (AvgIpc) is 2.91. The first-order valence-electron chi connectivity index (χ1n) is 8.82. The van der Waals surface area contributed by atoms with Crippen molar-refractivity contribution in [2.24, 2.45) is 0 Å². The van der Waals surface area contributed by atoms with Crippen LogP contribution in [0, 0.1) is 5.82 Å². The molecule has 0 atom stereocenters. The highest BCUT2D eigenvalue weighted by Crippen LogP contribution is 2.44. The number of carboxylic acids is 1. The third-order valence-corrected chi connectivity index (χ3v) is 4.92. The Bertz CT molecular complexity index is 1020. The van der Waals surface area contributed by atoms with E-state index in [0.717, 1.165) is 16.7 Å². The molecule has 0 aliphatic heterocycles. The maximum atomic E-state index is 13.8. The van der Waals surface area contributed by atoms with Gasteiger partial charge in [-0.1, -0.05) is 6.07 Å². The topological polar surface area (TPSA) is 96.2 Å². The van der Waals surface area contributed by atoms with Crippen molar-refractivity contribution in [3.63, 3.8) is 0 Å². The van der Waals surface area contributed by atoms with E-state index < -0.39 is 18.9 Å². The summed E-state index contributed by atoms with van der Waals surface area (Å²) in [6.45, 7) is 1.79. The number of hydrogen-bond acceptors (Lipinski definition) is 5. The lowest BCUT2D eigenvalue weighted by Crippen LogP contribution is -2.32. The van der Waals surface area contributed by atoms with Gasteiger partial charge in [0.15, 0.2) is 0 Å². The molecule has 0 heterocycles. The zero-order valence-corrected chi connectivity index (χ0v) is 16.2. The summed E-state index contributed by atoms with van der Waals surface area (Å²) in [4.78, 5) is 11.3. The van der Waals surface area contributed by atoms with Gasteiger partial charge in [0, 0.05) is 0 Å². The molecule has 0 fully saturated rings. The summed E-state index contributed by atoms with van der Waals surface area (Å²) >= 11 is 0. The van der Waals surface area contributed by atoms with E-state index in [2.05, 4.69) is 0 Å². The number of hydrogen-bond donors (Lipinski definition) is 3. The minimum atomic E-state index is -1.78. The van der Waals surface area contributed by atoms with Crippen molar-refractivity contribution in [1.82, 2.24) is 0 Å². The maximum absolute atomic E-state index is 13.8. The van der Waals surface area contributed by atoms with Gasteiger partial charge in [0.1, 0.15) is 17.3 Å². The molecule has 8 heteroatoms. The zero-order valence-electron chi connectivity index (χ0n) is 16.2. The summed E-state index contributed by atoms with van der Waals surface area (Å²) in [5.41, 5.74) is 4.06. The van der Waals surface area contributed by atoms with Crippen LogP contribution in [0.1, 0.15) is 30.0 Å². The second kappa shape index (κ2) is 8.10. The van der Waals surface area contributed by atoms with E-state index in [1.807, 2.05) is 0 Å². The lowest BCUT2D eigenvalue weighted by atomic mass is 9.78. The first-order valence-corrected chi connectivity index (χ1v) is 8.82. The number of benzene rings is 2. The van der Waals surface area contributed by atoms with Crippen molar-refractivity contribution in [3.8, 4) is 11.5 Å². The molecule has 0 radical (unpaired) electrons. The fraction of sp³-hybridized carbons (Fsp3) is 0.190. The molecule has 2 aromatic carbocycles. The van der Waals surface area contributed by atoms with Crippen LogP contribution in [-0.4, -0.2) is 42.5 Å². The Kier molecular flexibility index (Phi) is 5.77. The van der Waals surface area contributed by atoms with Gasteiger partial charge in [-0.15, -0.1) is 0 Å². The van der Waals surface area contributed by atoms with Gasteiger partial charge in [0.2, 0.25) is 0 Å². The predicted octanol–water partition coefficient (Wildman–Crippen LogP) is 2.33. The Balaban J connectivity index is 2.20. The highest BCUT2D eigenvalue weighted by atomic mass is 19.1. The highest BCUT2D eigenvalue weighted by molar-refractivity contribution is 6.61. The number of aliphatic carboxylic acids is 1. The van der Waals surface area contributed by atoms with Gasteiger partial charge in [0.25, 0.3) is 0 Å². The third kappa shape index (κ3) is 3.90. The normalized spacial score (nSPS) is 14.2. The molecular formula is C21H20BFO6. The predicted molar refractivity (Wildman–Crippen MR) is 108 cm³/mol. The van der Waals surface area contributed by atoms with Crippen molar-refractivity contribution in [3.05, 3.63) is 58.4 Å². The van der Waals surface area contributed by atoms with Gasteiger partial charge < -0.3 is 24.6 Å². The van der Waals surface area contributed by atoms with Gasteiger partial charge in [-0.2, -0.15) is 0 Å². The van der Waals surface area contributed by atoms with Gasteiger partial charge in [-0.05, 0) is 70.7 Å². The Labute approximate surface area is 167 Å². The molecule has 0 saturated heterocycles. The van der Waals surface area contributed by atoms with Crippen molar-refractivity contribution in [2.75, 3.05) is 14.2 Å². The number of halogens is 1. The number of fused-ring (bicyclic) bond motifs is 1. The van der Waals surface area contributed by atoms with Crippen molar-refractivity contribution < 1.29 is 33.8 Å². The standard InChI is InChI=1S/C21H20BFO6/c1-11-15(14-5-4-13(23)9-17(14)16(11)10-20(24)25)6-12-7-18(28-2)21(22(26)27)19(8-12)29-3/h4-9,26-27H,10H2,1-3H3,(H,24,25)/b15-6-. The molecule has 29 heavy (non-hydrogen) atoms. The monoisotopic (exact) mass is 398 g/mol. The smallest absolute Gasteiger partial charge is 0.496 e. The molecule has 1 aliphatic rings. The van der Waals surface area contributed by atoms with E-state index in [1.165, 1.54) is 26.4 Å². The number of allylic oxidation sites excluding steroid dienone is 2. The molecule has 0 bridgehead atoms. The van der Waals surface area contributed by atoms with Crippen molar-refractivity contribution in [2.45, 2.75) is 13.3 Å². The van der Waals surface area contributed by atoms with Crippen LogP contribution in [0.15, 0.2) is 35.9 Å². The number of carboxylic acid groups (broad SMARTS) is 1. The number of rotatable bonds is 6. The summed E-state index contributed by atoms with van der Waals surface area (Å²) in [6.07, 6.45) is 1.58. The van der Waals surface area contributed by atoms with Crippen LogP contribution in [0.2, 0.25) is 0 Å². The maximum Gasteiger partial charge on any atom is 0.496 e. The lowest BCUT2D eigenvalue weighted by molar-refractivity contribution is -0.135. The van der Waals surface area contributed by atoms with Gasteiger partial charge in [0.05, 0.1) is 26.1 Å². The second-order valence-corrected chi connectivity index (χ2v) is 6.63. The molecule has 1 aliphatic carbocycles. The molecule has 2 aromatic rings. The fourth-order valence-corrected chi connectivity index (χ4v) is 3.60. The quantitative estimate of drug-likeness (QED) is 0.647. The van der Waals surface area contributed by atoms with Crippen molar-refractivity contribution >= 4 is 35.8 Å². The van der Waals surface area contributed by atoms with Crippen LogP contribution in [0.3, 0.4) is 0 Å². The summed E-state index contributed by atoms with van der Waals surface area (Å²) in [5.74, 6) is -0.974. The Morgan fingerprint density at radius 1 is 1.10 bits per heavy atom. The zero-order chi connectivity index (χ0) is 21.3. The van der Waals surface area contributed by atoms with E-state index in [-0.39, 0.29) is 23.4 Å². The first kappa shape index (κ1) is 20.6. The fourth-order valence-electron chi connectivity index (χ4n) is 3.60. The second-order valence-electron chi connectivity index (χ2n) is 6.63. The Hall–Kier alpha value is -3.10. The van der Waals surface area contributed by atoms with Crippen molar-refractivity contribution in [1.29, 1.82) is 0 Å². The molecule has 3 rings (SSSR count). The van der Waals surface area contributed by atoms with Gasteiger partial charge in [-0.3, -0.25) is 4.79 Å². The van der Waals surface area contributed by atoms with E-state index in [4.69, 9.17) is 9.47 Å². The van der Waals surface area contributed by atoms with Crippen LogP contribution in [-0.2, 0) is 4.79 Å². The van der Waals surface area contributed by atoms with Gasteiger partial charge >= 0.3 is 13.1 Å². The SMILES string of the molecule is COc1cc(/C=C2/C(C)=C(CC(=O)O)c3cc(F)ccc32)cc(OC)c1B(O)O. The van der Waals surface area contributed by atoms with Crippen LogP contribution < -0.4 is 14.9 Å². The minimum absolute atomic E-state index is 0.102. The number of ether oxygens (including phenoxy) is 2. The summed E-state index contributed by atoms with van der Waals surface area (Å²) in [7, 11) is 1.03. The Morgan fingerprint density at radius 3 is 2.24 bits per heavy atom. The molecule has 0 spiro atoms. The average molecular weight is 398 g/mol. The summed E-state index contributed by atoms with van der Waals surface area (Å²) < 4.78 is 24.3. The molecule has 6 nitrogen and oxygen atoms in total. The largest absolute Gasteiger partial charge is 0.497 e. The molecule has 150 valence electrons. The first-order chi connectivity index (χ1) is 13.8. The van der Waals surface area contributed by atoms with E-state index in [0.29, 0.717) is 16.7 Å². The molecule has 0 amide bonds. The summed E-state index contributed by atoms with van der Waals surface area (Å²) in [6, 6.07) is 7.53. The Morgan fingerprint density at radius 2 is 1.72 bits per heavy atom. The van der Waals surface area contributed by atoms with Crippen LogP contribution in [0.5, 0.6) is 11.5 Å². The van der Waals surface area contributed by atoms with Crippen LogP contribution >= 0.6 is 0 Å². The molecule has 0 unspecified atom stereocenters. The third-order valence-electron chi connectivity index (χ3n) is 4.92. The summed E-state index contributed by atoms with van der Waals surface area (Å²) in [5, 5.41) is 28.5. The molecular weight excluding hydrogens is 378 g/mol. The van der Waals surface area contributed by atoms with Crippen LogP contribution in [0.25, 0.3) is 17.2 Å². The highest BCUT2D eigenvalue weighted by Gasteiger charge is 2.27. The van der Waals surface area contributed by atoms with Gasteiger partial charge in [-0.25, -0.2) is 4.39 Å².